The van der Waals surface area contributed by atoms with E-state index in [-0.39, 0.29) is 0 Å². The Balaban J connectivity index is 3.80. The van der Waals surface area contributed by atoms with Crippen LogP contribution in [0.4, 0.5) is 0 Å². The number of methoxy groups -OCH3 is 1. The lowest BCUT2D eigenvalue weighted by Gasteiger charge is -1.87. The van der Waals surface area contributed by atoms with Crippen LogP contribution in [-0.4, -0.2) is 7.11 Å². The fourth-order valence-corrected chi connectivity index (χ4v) is 0.629. The first-order valence-electron chi connectivity index (χ1n) is 3.84. The molecule has 0 heterocycles. The van der Waals surface area contributed by atoms with E-state index in [4.69, 9.17) is 4.74 Å². The third-order valence-electron chi connectivity index (χ3n) is 1.19. The SMILES string of the molecule is CC\C=C/C(C)=C\C=C\OC. The zero-order chi connectivity index (χ0) is 8.53. The molecule has 0 amide bonds. The van der Waals surface area contributed by atoms with Gasteiger partial charge < -0.3 is 4.74 Å². The van der Waals surface area contributed by atoms with Crippen LogP contribution in [0, 0.1) is 0 Å². The van der Waals surface area contributed by atoms with Gasteiger partial charge in [-0.05, 0) is 19.4 Å². The van der Waals surface area contributed by atoms with Crippen LogP contribution in [0.25, 0.3) is 0 Å². The molecule has 0 fully saturated rings. The molecule has 0 aliphatic carbocycles. The minimum absolute atomic E-state index is 1.08. The Morgan fingerprint density at radius 3 is 2.73 bits per heavy atom. The first kappa shape index (κ1) is 10.0. The van der Waals surface area contributed by atoms with E-state index >= 15 is 0 Å². The van der Waals surface area contributed by atoms with Gasteiger partial charge in [-0.3, -0.25) is 0 Å². The lowest BCUT2D eigenvalue weighted by molar-refractivity contribution is 0.338. The predicted octanol–water partition coefficient (Wildman–Crippen LogP) is 3.06. The smallest absolute Gasteiger partial charge is 0.0824 e. The molecule has 0 atom stereocenters. The fourth-order valence-electron chi connectivity index (χ4n) is 0.629. The molecule has 0 radical (unpaired) electrons. The van der Waals surface area contributed by atoms with Gasteiger partial charge in [0.2, 0.25) is 0 Å². The summed E-state index contributed by atoms with van der Waals surface area (Å²) in [7, 11) is 1.64. The van der Waals surface area contributed by atoms with E-state index in [1.807, 2.05) is 12.2 Å². The Hall–Kier alpha value is -0.980. The summed E-state index contributed by atoms with van der Waals surface area (Å²) in [6, 6.07) is 0. The van der Waals surface area contributed by atoms with Crippen LogP contribution in [0.5, 0.6) is 0 Å². The third-order valence-corrected chi connectivity index (χ3v) is 1.19. The summed E-state index contributed by atoms with van der Waals surface area (Å²) in [4.78, 5) is 0. The maximum atomic E-state index is 4.75. The molecule has 0 aromatic heterocycles. The molecule has 0 bridgehead atoms. The largest absolute Gasteiger partial charge is 0.504 e. The summed E-state index contributed by atoms with van der Waals surface area (Å²) < 4.78 is 4.75. The van der Waals surface area contributed by atoms with Crippen LogP contribution in [0.3, 0.4) is 0 Å². The van der Waals surface area contributed by atoms with Gasteiger partial charge in [0.1, 0.15) is 0 Å². The number of hydrogen-bond acceptors (Lipinski definition) is 1. The second-order valence-electron chi connectivity index (χ2n) is 2.29. The van der Waals surface area contributed by atoms with E-state index < -0.39 is 0 Å². The Bertz CT molecular complexity index is 164. The van der Waals surface area contributed by atoms with Crippen molar-refractivity contribution in [2.24, 2.45) is 0 Å². The molecule has 0 aliphatic rings. The van der Waals surface area contributed by atoms with Gasteiger partial charge in [0.15, 0.2) is 0 Å². The summed E-state index contributed by atoms with van der Waals surface area (Å²) in [5.41, 5.74) is 1.24. The lowest BCUT2D eigenvalue weighted by atomic mass is 10.2. The van der Waals surface area contributed by atoms with Crippen molar-refractivity contribution in [1.82, 2.24) is 0 Å². The van der Waals surface area contributed by atoms with Crippen molar-refractivity contribution >= 4 is 0 Å². The first-order chi connectivity index (χ1) is 5.31. The van der Waals surface area contributed by atoms with E-state index in [0.29, 0.717) is 0 Å². The number of rotatable bonds is 4. The average molecular weight is 152 g/mol. The predicted molar refractivity (Wildman–Crippen MR) is 49.3 cm³/mol. The van der Waals surface area contributed by atoms with Gasteiger partial charge in [0.05, 0.1) is 13.4 Å². The van der Waals surface area contributed by atoms with Gasteiger partial charge in [0, 0.05) is 0 Å². The van der Waals surface area contributed by atoms with Gasteiger partial charge in [0.25, 0.3) is 0 Å². The molecule has 0 unspecified atom stereocenters. The van der Waals surface area contributed by atoms with Crippen LogP contribution in [0.2, 0.25) is 0 Å². The summed E-state index contributed by atoms with van der Waals surface area (Å²) >= 11 is 0. The molecular weight excluding hydrogens is 136 g/mol. The average Bonchev–Trinajstić information content (AvgIpc) is 2.01. The van der Waals surface area contributed by atoms with Crippen molar-refractivity contribution in [1.29, 1.82) is 0 Å². The van der Waals surface area contributed by atoms with Crippen LogP contribution < -0.4 is 0 Å². The molecule has 0 N–H and O–H groups in total. The minimum atomic E-state index is 1.08. The molecule has 1 nitrogen and oxygen atoms in total. The highest BCUT2D eigenvalue weighted by Crippen LogP contribution is 1.96. The molecular formula is C10H16O. The summed E-state index contributed by atoms with van der Waals surface area (Å²) in [6.07, 6.45) is 10.9. The minimum Gasteiger partial charge on any atom is -0.504 e. The van der Waals surface area contributed by atoms with Crippen molar-refractivity contribution in [3.05, 3.63) is 36.1 Å². The molecule has 0 saturated heterocycles. The molecule has 11 heavy (non-hydrogen) atoms. The van der Waals surface area contributed by atoms with Crippen LogP contribution in [0.1, 0.15) is 20.3 Å². The summed E-state index contributed by atoms with van der Waals surface area (Å²) in [6.45, 7) is 4.18. The lowest BCUT2D eigenvalue weighted by Crippen LogP contribution is -1.67. The summed E-state index contributed by atoms with van der Waals surface area (Å²) in [5.74, 6) is 0. The highest BCUT2D eigenvalue weighted by atomic mass is 16.5. The van der Waals surface area contributed by atoms with Gasteiger partial charge in [-0.15, -0.1) is 0 Å². The quantitative estimate of drug-likeness (QED) is 0.444. The van der Waals surface area contributed by atoms with Crippen LogP contribution >= 0.6 is 0 Å². The summed E-state index contributed by atoms with van der Waals surface area (Å²) in [5, 5.41) is 0. The maximum Gasteiger partial charge on any atom is 0.0824 e. The Labute approximate surface area is 69.1 Å². The van der Waals surface area contributed by atoms with E-state index in [1.54, 1.807) is 13.4 Å². The molecule has 0 aromatic rings. The van der Waals surface area contributed by atoms with Crippen molar-refractivity contribution in [3.8, 4) is 0 Å². The highest BCUT2D eigenvalue weighted by molar-refractivity contribution is 5.20. The Morgan fingerprint density at radius 1 is 1.45 bits per heavy atom. The molecule has 0 rings (SSSR count). The van der Waals surface area contributed by atoms with Crippen LogP contribution in [-0.2, 0) is 4.74 Å². The van der Waals surface area contributed by atoms with E-state index in [9.17, 15) is 0 Å². The molecule has 62 valence electrons. The first-order valence-corrected chi connectivity index (χ1v) is 3.84. The van der Waals surface area contributed by atoms with E-state index in [1.165, 1.54) is 5.57 Å². The van der Waals surface area contributed by atoms with E-state index in [2.05, 4.69) is 26.0 Å². The second kappa shape index (κ2) is 7.13. The van der Waals surface area contributed by atoms with Gasteiger partial charge in [-0.1, -0.05) is 30.7 Å². The maximum absolute atomic E-state index is 4.75. The molecule has 0 spiro atoms. The van der Waals surface area contributed by atoms with E-state index in [0.717, 1.165) is 6.42 Å². The number of ether oxygens (including phenoxy) is 1. The molecule has 0 aromatic carbocycles. The van der Waals surface area contributed by atoms with Gasteiger partial charge in [-0.25, -0.2) is 0 Å². The van der Waals surface area contributed by atoms with Crippen LogP contribution in [0.15, 0.2) is 36.1 Å². The van der Waals surface area contributed by atoms with Crippen molar-refractivity contribution in [3.63, 3.8) is 0 Å². The number of hydrogen-bond donors (Lipinski definition) is 0. The van der Waals surface area contributed by atoms with Crippen molar-refractivity contribution < 1.29 is 4.74 Å². The zero-order valence-electron chi connectivity index (χ0n) is 7.50. The zero-order valence-corrected chi connectivity index (χ0v) is 7.50. The normalized spacial score (nSPS) is 13.2. The second-order valence-corrected chi connectivity index (χ2v) is 2.29. The van der Waals surface area contributed by atoms with Gasteiger partial charge >= 0.3 is 0 Å². The standard InChI is InChI=1S/C10H16O/c1-4-5-7-10(2)8-6-9-11-3/h5-9H,4H2,1-3H3/b7-5-,9-6+,10-8-. The highest BCUT2D eigenvalue weighted by Gasteiger charge is 1.75. The monoisotopic (exact) mass is 152 g/mol. The molecule has 1 heteroatoms. The molecule has 0 saturated carbocycles. The van der Waals surface area contributed by atoms with Crippen molar-refractivity contribution in [2.75, 3.05) is 7.11 Å². The Kier molecular flexibility index (Phi) is 6.50. The molecule has 0 aliphatic heterocycles. The third kappa shape index (κ3) is 6.91. The van der Waals surface area contributed by atoms with Crippen molar-refractivity contribution in [2.45, 2.75) is 20.3 Å². The Morgan fingerprint density at radius 2 is 2.18 bits per heavy atom. The van der Waals surface area contributed by atoms with Gasteiger partial charge in [-0.2, -0.15) is 0 Å². The fraction of sp³-hybridized carbons (Fsp3) is 0.400. The number of allylic oxidation sites excluding steroid dienone is 5. The topological polar surface area (TPSA) is 9.23 Å².